The van der Waals surface area contributed by atoms with E-state index in [2.05, 4.69) is 10.2 Å². The molecule has 66 valence electrons. The number of hydrogen-bond donors (Lipinski definition) is 0. The van der Waals surface area contributed by atoms with E-state index in [1.807, 2.05) is 0 Å². The zero-order chi connectivity index (χ0) is 9.19. The molecule has 0 aromatic carbocycles. The molecule has 0 fully saturated rings. The first-order valence-corrected chi connectivity index (χ1v) is 3.43. The molecule has 0 radical (unpaired) electrons. The van der Waals surface area contributed by atoms with Gasteiger partial charge in [-0.3, -0.25) is 0 Å². The van der Waals surface area contributed by atoms with Gasteiger partial charge in [0.2, 0.25) is 0 Å². The van der Waals surface area contributed by atoms with Crippen LogP contribution in [0, 0.1) is 0 Å². The highest BCUT2D eigenvalue weighted by Crippen LogP contribution is 2.28. The molecule has 0 aliphatic rings. The van der Waals surface area contributed by atoms with E-state index >= 15 is 0 Å². The summed E-state index contributed by atoms with van der Waals surface area (Å²) in [5, 5.41) is 6.77. The van der Waals surface area contributed by atoms with Crippen LogP contribution in [0.3, 0.4) is 0 Å². The Kier molecular flexibility index (Phi) is 2.30. The highest BCUT2D eigenvalue weighted by molar-refractivity contribution is 5.15. The highest BCUT2D eigenvalue weighted by atomic mass is 19.4. The van der Waals surface area contributed by atoms with E-state index < -0.39 is 11.7 Å². The molecule has 0 saturated heterocycles. The average Bonchev–Trinajstić information content (AvgIpc) is 2.03. The number of rotatable bonds is 1. The number of aromatic nitrogens is 2. The number of hydrogen-bond acceptors (Lipinski definition) is 2. The molecule has 1 rings (SSSR count). The van der Waals surface area contributed by atoms with E-state index in [0.717, 1.165) is 12.3 Å². The third-order valence-electron chi connectivity index (χ3n) is 1.39. The first-order chi connectivity index (χ1) is 5.54. The molecular formula is C7H7F3N2. The second-order valence-corrected chi connectivity index (χ2v) is 2.29. The Balaban J connectivity index is 3.02. The fourth-order valence-corrected chi connectivity index (χ4v) is 0.739. The average molecular weight is 176 g/mol. The quantitative estimate of drug-likeness (QED) is 0.654. The molecule has 0 amide bonds. The summed E-state index contributed by atoms with van der Waals surface area (Å²) in [4.78, 5) is 0. The lowest BCUT2D eigenvalue weighted by molar-refractivity contribution is -0.138. The van der Waals surface area contributed by atoms with Crippen LogP contribution in [0.15, 0.2) is 12.3 Å². The zero-order valence-corrected chi connectivity index (χ0v) is 6.39. The van der Waals surface area contributed by atoms with E-state index in [1.54, 1.807) is 6.92 Å². The largest absolute Gasteiger partial charge is 0.418 e. The zero-order valence-electron chi connectivity index (χ0n) is 6.39. The Morgan fingerprint density at radius 3 is 2.58 bits per heavy atom. The Bertz CT molecular complexity index is 270. The monoisotopic (exact) mass is 176 g/mol. The fourth-order valence-electron chi connectivity index (χ4n) is 0.739. The van der Waals surface area contributed by atoms with Crippen molar-refractivity contribution in [3.05, 3.63) is 23.5 Å². The van der Waals surface area contributed by atoms with Crippen LogP contribution in [-0.2, 0) is 12.6 Å². The molecule has 1 aromatic heterocycles. The van der Waals surface area contributed by atoms with Crippen LogP contribution in [0.1, 0.15) is 18.2 Å². The molecule has 0 aliphatic carbocycles. The molecule has 0 unspecified atom stereocenters. The number of halogens is 3. The summed E-state index contributed by atoms with van der Waals surface area (Å²) >= 11 is 0. The lowest BCUT2D eigenvalue weighted by atomic mass is 10.2. The van der Waals surface area contributed by atoms with Crippen molar-refractivity contribution in [1.82, 2.24) is 10.2 Å². The summed E-state index contributed by atoms with van der Waals surface area (Å²) < 4.78 is 36.1. The molecule has 0 saturated carbocycles. The first kappa shape index (κ1) is 8.96. The molecule has 0 aliphatic heterocycles. The molecule has 0 atom stereocenters. The van der Waals surface area contributed by atoms with Crippen molar-refractivity contribution < 1.29 is 13.2 Å². The summed E-state index contributed by atoms with van der Waals surface area (Å²) in [6.45, 7) is 1.73. The van der Waals surface area contributed by atoms with Gasteiger partial charge in [-0.1, -0.05) is 6.92 Å². The standard InChI is InChI=1S/C7H7F3N2/c1-2-6-3-5(4-11-12-6)7(8,9)10/h3-4H,2H2,1H3. The van der Waals surface area contributed by atoms with E-state index in [0.29, 0.717) is 12.1 Å². The van der Waals surface area contributed by atoms with E-state index in [9.17, 15) is 13.2 Å². The van der Waals surface area contributed by atoms with Crippen LogP contribution in [0.2, 0.25) is 0 Å². The van der Waals surface area contributed by atoms with Gasteiger partial charge in [-0.05, 0) is 12.5 Å². The summed E-state index contributed by atoms with van der Waals surface area (Å²) in [6.07, 6.45) is -3.14. The van der Waals surface area contributed by atoms with Gasteiger partial charge in [0.05, 0.1) is 17.5 Å². The highest BCUT2D eigenvalue weighted by Gasteiger charge is 2.31. The van der Waals surface area contributed by atoms with E-state index in [-0.39, 0.29) is 0 Å². The lowest BCUT2D eigenvalue weighted by Crippen LogP contribution is -2.07. The van der Waals surface area contributed by atoms with Crippen molar-refractivity contribution in [2.24, 2.45) is 0 Å². The molecule has 0 spiro atoms. The fraction of sp³-hybridized carbons (Fsp3) is 0.429. The SMILES string of the molecule is CCc1cc(C(F)(F)F)cnn1. The molecule has 0 bridgehead atoms. The predicted molar refractivity (Wildman–Crippen MR) is 36.4 cm³/mol. The third kappa shape index (κ3) is 1.93. The van der Waals surface area contributed by atoms with Crippen LogP contribution in [-0.4, -0.2) is 10.2 Å². The summed E-state index contributed by atoms with van der Waals surface area (Å²) in [6, 6.07) is 1.01. The van der Waals surface area contributed by atoms with Crippen molar-refractivity contribution in [2.45, 2.75) is 19.5 Å². The molecule has 5 heteroatoms. The van der Waals surface area contributed by atoms with Gasteiger partial charge in [0, 0.05) is 0 Å². The van der Waals surface area contributed by atoms with Gasteiger partial charge in [-0.2, -0.15) is 23.4 Å². The van der Waals surface area contributed by atoms with Crippen LogP contribution in [0.5, 0.6) is 0 Å². The Morgan fingerprint density at radius 2 is 2.08 bits per heavy atom. The van der Waals surface area contributed by atoms with Crippen molar-refractivity contribution in [3.8, 4) is 0 Å². The van der Waals surface area contributed by atoms with Crippen LogP contribution in [0.25, 0.3) is 0 Å². The van der Waals surface area contributed by atoms with Crippen LogP contribution >= 0.6 is 0 Å². The number of aryl methyl sites for hydroxylation is 1. The van der Waals surface area contributed by atoms with Crippen molar-refractivity contribution in [2.75, 3.05) is 0 Å². The molecule has 0 N–H and O–H groups in total. The minimum absolute atomic E-state index is 0.352. The lowest BCUT2D eigenvalue weighted by Gasteiger charge is -2.05. The van der Waals surface area contributed by atoms with E-state index in [4.69, 9.17) is 0 Å². The third-order valence-corrected chi connectivity index (χ3v) is 1.39. The van der Waals surface area contributed by atoms with Gasteiger partial charge in [-0.15, -0.1) is 0 Å². The Hall–Kier alpha value is -1.13. The molecule has 12 heavy (non-hydrogen) atoms. The maximum Gasteiger partial charge on any atom is 0.418 e. The molecule has 1 heterocycles. The Labute approximate surface area is 67.4 Å². The van der Waals surface area contributed by atoms with Gasteiger partial charge in [-0.25, -0.2) is 0 Å². The summed E-state index contributed by atoms with van der Waals surface area (Å²) in [5.41, 5.74) is -0.390. The molecule has 1 aromatic rings. The molecule has 2 nitrogen and oxygen atoms in total. The second kappa shape index (κ2) is 3.08. The minimum Gasteiger partial charge on any atom is -0.166 e. The summed E-state index contributed by atoms with van der Waals surface area (Å²) in [5.74, 6) is 0. The van der Waals surface area contributed by atoms with Crippen molar-refractivity contribution >= 4 is 0 Å². The van der Waals surface area contributed by atoms with Gasteiger partial charge in [0.25, 0.3) is 0 Å². The number of alkyl halides is 3. The Morgan fingerprint density at radius 1 is 1.42 bits per heavy atom. The van der Waals surface area contributed by atoms with Crippen molar-refractivity contribution in [1.29, 1.82) is 0 Å². The minimum atomic E-state index is -4.32. The van der Waals surface area contributed by atoms with Crippen molar-refractivity contribution in [3.63, 3.8) is 0 Å². The van der Waals surface area contributed by atoms with Gasteiger partial charge in [0.1, 0.15) is 0 Å². The van der Waals surface area contributed by atoms with Gasteiger partial charge >= 0.3 is 6.18 Å². The normalized spacial score (nSPS) is 11.7. The van der Waals surface area contributed by atoms with Gasteiger partial charge < -0.3 is 0 Å². The first-order valence-electron chi connectivity index (χ1n) is 3.43. The smallest absolute Gasteiger partial charge is 0.166 e. The van der Waals surface area contributed by atoms with Gasteiger partial charge in [0.15, 0.2) is 0 Å². The van der Waals surface area contributed by atoms with E-state index in [1.165, 1.54) is 0 Å². The number of nitrogens with zero attached hydrogens (tertiary/aromatic N) is 2. The predicted octanol–water partition coefficient (Wildman–Crippen LogP) is 2.06. The molecular weight excluding hydrogens is 169 g/mol. The summed E-state index contributed by atoms with van der Waals surface area (Å²) in [7, 11) is 0. The van der Waals surface area contributed by atoms with Crippen LogP contribution < -0.4 is 0 Å². The second-order valence-electron chi connectivity index (χ2n) is 2.29. The maximum absolute atomic E-state index is 12.0. The van der Waals surface area contributed by atoms with Crippen LogP contribution in [0.4, 0.5) is 13.2 Å². The maximum atomic E-state index is 12.0. The topological polar surface area (TPSA) is 25.8 Å².